The highest BCUT2D eigenvalue weighted by molar-refractivity contribution is 7.80. The highest BCUT2D eigenvalue weighted by Gasteiger charge is 2.11. The first-order valence-corrected chi connectivity index (χ1v) is 5.98. The number of nitrogens with zero attached hydrogens (tertiary/aromatic N) is 1. The van der Waals surface area contributed by atoms with E-state index in [9.17, 15) is 8.78 Å². The summed E-state index contributed by atoms with van der Waals surface area (Å²) in [6.07, 6.45) is 0. The molecule has 19 heavy (non-hydrogen) atoms. The molecule has 0 unspecified atom stereocenters. The van der Waals surface area contributed by atoms with Crippen molar-refractivity contribution < 1.29 is 8.78 Å². The van der Waals surface area contributed by atoms with Gasteiger partial charge in [-0.3, -0.25) is 0 Å². The van der Waals surface area contributed by atoms with Crippen LogP contribution in [-0.2, 0) is 0 Å². The van der Waals surface area contributed by atoms with E-state index in [1.807, 2.05) is 0 Å². The van der Waals surface area contributed by atoms with Gasteiger partial charge in [0, 0.05) is 18.3 Å². The molecule has 2 aromatic rings. The third-order valence-electron chi connectivity index (χ3n) is 2.81. The lowest BCUT2D eigenvalue weighted by Gasteiger charge is -2.20. The van der Waals surface area contributed by atoms with Gasteiger partial charge >= 0.3 is 0 Å². The van der Waals surface area contributed by atoms with Crippen molar-refractivity contribution in [2.45, 2.75) is 0 Å². The van der Waals surface area contributed by atoms with Crippen molar-refractivity contribution in [3.63, 3.8) is 0 Å². The first kappa shape index (κ1) is 13.4. The lowest BCUT2D eigenvalue weighted by molar-refractivity contribution is 0.625. The largest absolute Gasteiger partial charge is 0.389 e. The number of benzene rings is 2. The molecule has 0 saturated carbocycles. The lowest BCUT2D eigenvalue weighted by Crippen LogP contribution is -2.14. The maximum atomic E-state index is 14.0. The van der Waals surface area contributed by atoms with Gasteiger partial charge in [0.05, 0.1) is 5.69 Å². The highest BCUT2D eigenvalue weighted by atomic mass is 32.1. The average molecular weight is 278 g/mol. The first-order chi connectivity index (χ1) is 8.99. The standard InChI is InChI=1S/C14H12F2N2S/c1-18(11-5-3-10(15)4-6-11)13-7-2-9(14(17)19)8-12(13)16/h2-8H,1H3,(H2,17,19). The second kappa shape index (κ2) is 5.32. The zero-order valence-electron chi connectivity index (χ0n) is 10.2. The van der Waals surface area contributed by atoms with Crippen LogP contribution in [0.1, 0.15) is 5.56 Å². The number of rotatable bonds is 3. The Morgan fingerprint density at radius 1 is 1.11 bits per heavy atom. The van der Waals surface area contributed by atoms with Gasteiger partial charge in [0.1, 0.15) is 16.6 Å². The van der Waals surface area contributed by atoms with E-state index in [4.69, 9.17) is 18.0 Å². The number of hydrogen-bond acceptors (Lipinski definition) is 2. The Bertz CT molecular complexity index is 611. The van der Waals surface area contributed by atoms with Crippen molar-refractivity contribution in [1.82, 2.24) is 0 Å². The molecule has 0 atom stereocenters. The summed E-state index contributed by atoms with van der Waals surface area (Å²) < 4.78 is 26.8. The van der Waals surface area contributed by atoms with Crippen LogP contribution in [0.15, 0.2) is 42.5 Å². The molecule has 98 valence electrons. The molecule has 0 saturated heterocycles. The maximum Gasteiger partial charge on any atom is 0.147 e. The summed E-state index contributed by atoms with van der Waals surface area (Å²) in [7, 11) is 1.70. The summed E-state index contributed by atoms with van der Waals surface area (Å²) in [6.45, 7) is 0. The monoisotopic (exact) mass is 278 g/mol. The minimum Gasteiger partial charge on any atom is -0.389 e. The highest BCUT2D eigenvalue weighted by Crippen LogP contribution is 2.26. The number of nitrogens with two attached hydrogens (primary N) is 1. The Morgan fingerprint density at radius 3 is 2.26 bits per heavy atom. The van der Waals surface area contributed by atoms with Gasteiger partial charge in [-0.2, -0.15) is 0 Å². The summed E-state index contributed by atoms with van der Waals surface area (Å²) in [6, 6.07) is 10.3. The average Bonchev–Trinajstić information content (AvgIpc) is 2.38. The van der Waals surface area contributed by atoms with Crippen LogP contribution < -0.4 is 10.6 Å². The van der Waals surface area contributed by atoms with Crippen LogP contribution in [0.25, 0.3) is 0 Å². The molecular weight excluding hydrogens is 266 g/mol. The topological polar surface area (TPSA) is 29.3 Å². The summed E-state index contributed by atoms with van der Waals surface area (Å²) in [5, 5.41) is 0. The molecule has 0 bridgehead atoms. The molecule has 0 amide bonds. The Morgan fingerprint density at radius 2 is 1.74 bits per heavy atom. The van der Waals surface area contributed by atoms with Crippen molar-refractivity contribution >= 4 is 28.6 Å². The molecule has 2 aromatic carbocycles. The van der Waals surface area contributed by atoms with Gasteiger partial charge in [-0.25, -0.2) is 8.78 Å². The van der Waals surface area contributed by atoms with Gasteiger partial charge in [0.25, 0.3) is 0 Å². The smallest absolute Gasteiger partial charge is 0.147 e. The van der Waals surface area contributed by atoms with E-state index in [0.29, 0.717) is 16.9 Å². The van der Waals surface area contributed by atoms with E-state index in [2.05, 4.69) is 0 Å². The molecular formula is C14H12F2N2S. The van der Waals surface area contributed by atoms with Crippen LogP contribution in [-0.4, -0.2) is 12.0 Å². The summed E-state index contributed by atoms with van der Waals surface area (Å²) >= 11 is 4.79. The van der Waals surface area contributed by atoms with Crippen molar-refractivity contribution in [2.75, 3.05) is 11.9 Å². The minimum absolute atomic E-state index is 0.148. The minimum atomic E-state index is -0.433. The van der Waals surface area contributed by atoms with Crippen LogP contribution in [0.4, 0.5) is 20.2 Å². The summed E-state index contributed by atoms with van der Waals surface area (Å²) in [5.41, 5.74) is 6.97. The van der Waals surface area contributed by atoms with E-state index in [0.717, 1.165) is 0 Å². The van der Waals surface area contributed by atoms with E-state index >= 15 is 0 Å². The molecule has 5 heteroatoms. The zero-order valence-corrected chi connectivity index (χ0v) is 11.0. The van der Waals surface area contributed by atoms with Gasteiger partial charge in [-0.1, -0.05) is 12.2 Å². The Hall–Kier alpha value is -2.01. The predicted octanol–water partition coefficient (Wildman–Crippen LogP) is 3.37. The third kappa shape index (κ3) is 2.88. The second-order valence-corrected chi connectivity index (χ2v) is 4.51. The van der Waals surface area contributed by atoms with Crippen molar-refractivity contribution in [3.8, 4) is 0 Å². The summed E-state index contributed by atoms with van der Waals surface area (Å²) in [5.74, 6) is -0.765. The maximum absolute atomic E-state index is 14.0. The second-order valence-electron chi connectivity index (χ2n) is 4.07. The molecule has 2 nitrogen and oxygen atoms in total. The fraction of sp³-hybridized carbons (Fsp3) is 0.0714. The molecule has 0 heterocycles. The van der Waals surface area contributed by atoms with Crippen LogP contribution in [0.2, 0.25) is 0 Å². The van der Waals surface area contributed by atoms with Crippen molar-refractivity contribution in [3.05, 3.63) is 59.7 Å². The normalized spacial score (nSPS) is 10.3. The van der Waals surface area contributed by atoms with E-state index in [-0.39, 0.29) is 10.8 Å². The molecule has 2 N–H and O–H groups in total. The SMILES string of the molecule is CN(c1ccc(F)cc1)c1ccc(C(N)=S)cc1F. The van der Waals surface area contributed by atoms with E-state index < -0.39 is 5.82 Å². The molecule has 0 aromatic heterocycles. The van der Waals surface area contributed by atoms with Crippen LogP contribution in [0.5, 0.6) is 0 Å². The van der Waals surface area contributed by atoms with Crippen LogP contribution in [0.3, 0.4) is 0 Å². The number of halogens is 2. The third-order valence-corrected chi connectivity index (χ3v) is 3.04. The number of thiocarbonyl (C=S) groups is 1. The summed E-state index contributed by atoms with van der Waals surface area (Å²) in [4.78, 5) is 1.77. The number of anilines is 2. The van der Waals surface area contributed by atoms with Gasteiger partial charge in [0.15, 0.2) is 0 Å². The fourth-order valence-electron chi connectivity index (χ4n) is 1.74. The Balaban J connectivity index is 2.36. The van der Waals surface area contributed by atoms with E-state index in [1.165, 1.54) is 18.2 Å². The van der Waals surface area contributed by atoms with Gasteiger partial charge in [-0.05, 0) is 42.5 Å². The van der Waals surface area contributed by atoms with Gasteiger partial charge in [0.2, 0.25) is 0 Å². The van der Waals surface area contributed by atoms with E-state index in [1.54, 1.807) is 36.2 Å². The van der Waals surface area contributed by atoms with Crippen molar-refractivity contribution in [1.29, 1.82) is 0 Å². The van der Waals surface area contributed by atoms with Crippen molar-refractivity contribution in [2.24, 2.45) is 5.73 Å². The van der Waals surface area contributed by atoms with Crippen LogP contribution in [0, 0.1) is 11.6 Å². The lowest BCUT2D eigenvalue weighted by atomic mass is 10.1. The quantitative estimate of drug-likeness (QED) is 0.873. The Labute approximate surface area is 115 Å². The van der Waals surface area contributed by atoms with Gasteiger partial charge < -0.3 is 10.6 Å². The predicted molar refractivity (Wildman–Crippen MR) is 76.8 cm³/mol. The molecule has 0 aliphatic carbocycles. The molecule has 0 spiro atoms. The molecule has 2 rings (SSSR count). The molecule has 0 fully saturated rings. The Kier molecular flexibility index (Phi) is 3.76. The number of hydrogen-bond donors (Lipinski definition) is 1. The van der Waals surface area contributed by atoms with Crippen LogP contribution >= 0.6 is 12.2 Å². The molecule has 0 radical (unpaired) electrons. The molecule has 0 aliphatic heterocycles. The van der Waals surface area contributed by atoms with Gasteiger partial charge in [-0.15, -0.1) is 0 Å². The fourth-order valence-corrected chi connectivity index (χ4v) is 1.86. The molecule has 0 aliphatic rings. The zero-order chi connectivity index (χ0) is 14.0. The first-order valence-electron chi connectivity index (χ1n) is 5.57.